The molecule has 0 bridgehead atoms. The highest BCUT2D eigenvalue weighted by molar-refractivity contribution is 9.10. The second-order valence-electron chi connectivity index (χ2n) is 7.14. The summed E-state index contributed by atoms with van der Waals surface area (Å²) in [6, 6.07) is 3.59. The fourth-order valence-corrected chi connectivity index (χ4v) is 3.48. The number of halogens is 1. The molecule has 0 aromatic heterocycles. The molecular weight excluding hydrogens is 362 g/mol. The van der Waals surface area contributed by atoms with Crippen molar-refractivity contribution in [3.8, 4) is 0 Å². The number of benzene rings is 1. The number of rotatable bonds is 2. The molecule has 1 aliphatic heterocycles. The van der Waals surface area contributed by atoms with Crippen molar-refractivity contribution in [1.29, 1.82) is 0 Å². The number of ether oxygens (including phenoxy) is 1. The predicted molar refractivity (Wildman–Crippen MR) is 90.4 cm³/mol. The van der Waals surface area contributed by atoms with Gasteiger partial charge in [0, 0.05) is 16.6 Å². The van der Waals surface area contributed by atoms with E-state index in [1.165, 1.54) is 0 Å². The van der Waals surface area contributed by atoms with Crippen LogP contribution >= 0.6 is 15.9 Å². The topological polar surface area (TPSA) is 66.8 Å². The summed E-state index contributed by atoms with van der Waals surface area (Å²) in [4.78, 5) is 26.5. The van der Waals surface area contributed by atoms with Gasteiger partial charge in [-0.25, -0.2) is 9.69 Å². The maximum absolute atomic E-state index is 12.8. The molecule has 0 spiro atoms. The van der Waals surface area contributed by atoms with Gasteiger partial charge in [0.05, 0.1) is 5.54 Å². The smallest absolute Gasteiger partial charge is 0.418 e. The van der Waals surface area contributed by atoms with E-state index in [0.717, 1.165) is 20.5 Å². The van der Waals surface area contributed by atoms with Gasteiger partial charge in [-0.3, -0.25) is 4.79 Å². The van der Waals surface area contributed by atoms with Crippen molar-refractivity contribution in [2.45, 2.75) is 52.2 Å². The van der Waals surface area contributed by atoms with Crippen LogP contribution in [-0.2, 0) is 16.7 Å². The van der Waals surface area contributed by atoms with Gasteiger partial charge in [0.25, 0.3) is 5.91 Å². The summed E-state index contributed by atoms with van der Waals surface area (Å²) in [7, 11) is 0. The second kappa shape index (κ2) is 5.91. The first kappa shape index (κ1) is 17.9. The molecule has 1 N–H and O–H groups in total. The van der Waals surface area contributed by atoms with Crippen molar-refractivity contribution in [2.24, 2.45) is 0 Å². The lowest BCUT2D eigenvalue weighted by molar-refractivity contribution is 0.00931. The average molecular weight is 384 g/mol. The van der Waals surface area contributed by atoms with Crippen LogP contribution in [-0.4, -0.2) is 34.2 Å². The van der Waals surface area contributed by atoms with E-state index < -0.39 is 17.2 Å². The van der Waals surface area contributed by atoms with Gasteiger partial charge in [-0.05, 0) is 64.3 Å². The Hall–Kier alpha value is -1.40. The summed E-state index contributed by atoms with van der Waals surface area (Å²) >= 11 is 3.39. The predicted octanol–water partition coefficient (Wildman–Crippen LogP) is 3.61. The van der Waals surface area contributed by atoms with E-state index in [0.29, 0.717) is 12.0 Å². The Morgan fingerprint density at radius 2 is 1.96 bits per heavy atom. The molecular formula is C17H22BrNO4. The SMILES string of the molecule is CC(C)(C)OC(=O)N1C(=O)c2cc(Br)cc(CCO)c2C1(C)C. The van der Waals surface area contributed by atoms with Gasteiger partial charge in [0.15, 0.2) is 0 Å². The summed E-state index contributed by atoms with van der Waals surface area (Å²) in [5.41, 5.74) is 0.571. The Kier molecular flexibility index (Phi) is 4.61. The highest BCUT2D eigenvalue weighted by Gasteiger charge is 2.49. The lowest BCUT2D eigenvalue weighted by Crippen LogP contribution is -2.46. The Morgan fingerprint density at radius 1 is 1.35 bits per heavy atom. The number of hydrogen-bond acceptors (Lipinski definition) is 4. The summed E-state index contributed by atoms with van der Waals surface area (Å²) in [5.74, 6) is -0.375. The van der Waals surface area contributed by atoms with E-state index in [9.17, 15) is 14.7 Å². The molecule has 1 aromatic rings. The number of hydrogen-bond donors (Lipinski definition) is 1. The van der Waals surface area contributed by atoms with Crippen LogP contribution in [0, 0.1) is 0 Å². The van der Waals surface area contributed by atoms with Crippen molar-refractivity contribution >= 4 is 27.9 Å². The molecule has 2 amide bonds. The van der Waals surface area contributed by atoms with Crippen molar-refractivity contribution in [2.75, 3.05) is 6.61 Å². The molecule has 23 heavy (non-hydrogen) atoms. The molecule has 1 aliphatic rings. The summed E-state index contributed by atoms with van der Waals surface area (Å²) in [6.07, 6.45) is -0.240. The van der Waals surface area contributed by atoms with Gasteiger partial charge in [0.2, 0.25) is 0 Å². The molecule has 0 fully saturated rings. The average Bonchev–Trinajstić information content (AvgIpc) is 2.54. The Labute approximate surface area is 144 Å². The highest BCUT2D eigenvalue weighted by atomic mass is 79.9. The molecule has 0 saturated heterocycles. The number of fused-ring (bicyclic) bond motifs is 1. The molecule has 1 aromatic carbocycles. The van der Waals surface area contributed by atoms with Gasteiger partial charge in [-0.1, -0.05) is 15.9 Å². The lowest BCUT2D eigenvalue weighted by Gasteiger charge is -2.33. The standard InChI is InChI=1S/C17H22BrNO4/c1-16(2,3)23-15(22)19-14(21)12-9-11(18)8-10(6-7-20)13(12)17(19,4)5/h8-9,20H,6-7H2,1-5H3. The third kappa shape index (κ3) is 3.28. The van der Waals surface area contributed by atoms with Crippen molar-refractivity contribution in [3.63, 3.8) is 0 Å². The zero-order chi connectivity index (χ0) is 17.6. The van der Waals surface area contributed by atoms with Gasteiger partial charge >= 0.3 is 6.09 Å². The largest absolute Gasteiger partial charge is 0.443 e. The minimum atomic E-state index is -0.833. The van der Waals surface area contributed by atoms with Gasteiger partial charge < -0.3 is 9.84 Å². The van der Waals surface area contributed by atoms with Crippen molar-refractivity contribution < 1.29 is 19.4 Å². The molecule has 0 aliphatic carbocycles. The first-order chi connectivity index (χ1) is 10.5. The van der Waals surface area contributed by atoms with Crippen LogP contribution in [0.5, 0.6) is 0 Å². The van der Waals surface area contributed by atoms with E-state index in [-0.39, 0.29) is 12.5 Å². The van der Waals surface area contributed by atoms with E-state index in [1.54, 1.807) is 26.8 Å². The molecule has 126 valence electrons. The minimum absolute atomic E-state index is 0.0282. The highest BCUT2D eigenvalue weighted by Crippen LogP contribution is 2.43. The van der Waals surface area contributed by atoms with E-state index in [2.05, 4.69) is 15.9 Å². The first-order valence-corrected chi connectivity index (χ1v) is 8.29. The molecule has 5 nitrogen and oxygen atoms in total. The number of imide groups is 1. The summed E-state index contributed by atoms with van der Waals surface area (Å²) in [6.45, 7) is 8.89. The van der Waals surface area contributed by atoms with Crippen LogP contribution in [0.15, 0.2) is 16.6 Å². The maximum Gasteiger partial charge on any atom is 0.418 e. The fraction of sp³-hybridized carbons (Fsp3) is 0.529. The Bertz CT molecular complexity index is 661. The number of carbonyl (C=O) groups excluding carboxylic acids is 2. The number of amides is 2. The number of aliphatic hydroxyl groups is 1. The summed E-state index contributed by atoms with van der Waals surface area (Å²) < 4.78 is 6.14. The zero-order valence-corrected chi connectivity index (χ0v) is 15.7. The molecule has 2 rings (SSSR count). The van der Waals surface area contributed by atoms with E-state index >= 15 is 0 Å². The van der Waals surface area contributed by atoms with Crippen molar-refractivity contribution in [3.05, 3.63) is 33.3 Å². The molecule has 0 radical (unpaired) electrons. The Balaban J connectivity index is 2.54. The summed E-state index contributed by atoms with van der Waals surface area (Å²) in [5, 5.41) is 9.30. The Morgan fingerprint density at radius 3 is 2.48 bits per heavy atom. The van der Waals surface area contributed by atoms with Gasteiger partial charge in [0.1, 0.15) is 5.60 Å². The third-order valence-corrected chi connectivity index (χ3v) is 4.20. The molecule has 0 atom stereocenters. The van der Waals surface area contributed by atoms with Crippen LogP contribution in [0.1, 0.15) is 56.1 Å². The molecule has 6 heteroatoms. The molecule has 1 heterocycles. The van der Waals surface area contributed by atoms with E-state index in [1.807, 2.05) is 19.9 Å². The zero-order valence-electron chi connectivity index (χ0n) is 14.1. The maximum atomic E-state index is 12.8. The lowest BCUT2D eigenvalue weighted by atomic mass is 9.88. The molecule has 0 saturated carbocycles. The third-order valence-electron chi connectivity index (χ3n) is 3.75. The monoisotopic (exact) mass is 383 g/mol. The van der Waals surface area contributed by atoms with Crippen LogP contribution in [0.2, 0.25) is 0 Å². The normalized spacial score (nSPS) is 16.5. The van der Waals surface area contributed by atoms with Gasteiger partial charge in [-0.15, -0.1) is 0 Å². The van der Waals surface area contributed by atoms with E-state index in [4.69, 9.17) is 4.74 Å². The number of carbonyl (C=O) groups is 2. The van der Waals surface area contributed by atoms with Gasteiger partial charge in [-0.2, -0.15) is 0 Å². The number of nitrogens with zero attached hydrogens (tertiary/aromatic N) is 1. The number of aliphatic hydroxyl groups excluding tert-OH is 1. The molecule has 0 unspecified atom stereocenters. The van der Waals surface area contributed by atoms with Crippen LogP contribution in [0.4, 0.5) is 4.79 Å². The minimum Gasteiger partial charge on any atom is -0.443 e. The van der Waals surface area contributed by atoms with Crippen LogP contribution < -0.4 is 0 Å². The fourth-order valence-electron chi connectivity index (χ4n) is 2.98. The van der Waals surface area contributed by atoms with Crippen LogP contribution in [0.25, 0.3) is 0 Å². The first-order valence-electron chi connectivity index (χ1n) is 7.50. The second-order valence-corrected chi connectivity index (χ2v) is 8.06. The van der Waals surface area contributed by atoms with Crippen molar-refractivity contribution in [1.82, 2.24) is 4.90 Å². The van der Waals surface area contributed by atoms with Crippen LogP contribution in [0.3, 0.4) is 0 Å². The quantitative estimate of drug-likeness (QED) is 0.846.